The van der Waals surface area contributed by atoms with Crippen LogP contribution >= 0.6 is 17.0 Å². The second-order valence-electron chi connectivity index (χ2n) is 8.23. The summed E-state index contributed by atoms with van der Waals surface area (Å²) in [6, 6.07) is 25.9. The zero-order valence-electron chi connectivity index (χ0n) is 16.0. The first-order chi connectivity index (χ1) is 13.4. The molecule has 5 rings (SSSR count). The molecule has 3 aromatic carbocycles. The molecule has 140 valence electrons. The summed E-state index contributed by atoms with van der Waals surface area (Å²) in [5.41, 5.74) is 7.66. The Labute approximate surface area is 174 Å². The molecule has 0 bridgehead atoms. The summed E-state index contributed by atoms with van der Waals surface area (Å²) < 4.78 is 1.35. The molecule has 2 aliphatic carbocycles. The van der Waals surface area contributed by atoms with Crippen molar-refractivity contribution in [2.75, 3.05) is 0 Å². The van der Waals surface area contributed by atoms with E-state index >= 15 is 0 Å². The molecule has 0 radical (unpaired) electrons. The number of hydrogen-bond donors (Lipinski definition) is 0. The van der Waals surface area contributed by atoms with Crippen LogP contribution in [-0.4, -0.2) is 3.21 Å². The Balaban J connectivity index is 1.86. The van der Waals surface area contributed by atoms with E-state index in [1.807, 2.05) is 0 Å². The third-order valence-electron chi connectivity index (χ3n) is 6.69. The first-order valence-corrected chi connectivity index (χ1v) is 20.2. The molecule has 28 heavy (non-hydrogen) atoms. The van der Waals surface area contributed by atoms with Crippen LogP contribution in [0.4, 0.5) is 0 Å². The van der Waals surface area contributed by atoms with Gasteiger partial charge >= 0.3 is 176 Å². The van der Waals surface area contributed by atoms with Crippen molar-refractivity contribution in [3.8, 4) is 11.1 Å². The van der Waals surface area contributed by atoms with Crippen molar-refractivity contribution in [3.05, 3.63) is 101 Å². The minimum atomic E-state index is -4.61. The zero-order chi connectivity index (χ0) is 19.5. The SMILES string of the molecule is C[C](C)=[Zr]([Cl])([Cl])([CH]1C=Cc2ccccc21)[CH]1c2ccccc2-c2ccccc21. The molecule has 3 aromatic rings. The molecule has 0 heterocycles. The van der Waals surface area contributed by atoms with E-state index in [0.29, 0.717) is 0 Å². The average Bonchev–Trinajstić information content (AvgIpc) is 3.28. The Morgan fingerprint density at radius 3 is 1.79 bits per heavy atom. The van der Waals surface area contributed by atoms with Gasteiger partial charge in [-0.1, -0.05) is 0 Å². The van der Waals surface area contributed by atoms with Crippen molar-refractivity contribution in [1.82, 2.24) is 0 Å². The van der Waals surface area contributed by atoms with Gasteiger partial charge in [0, 0.05) is 0 Å². The monoisotopic (exact) mass is 482 g/mol. The van der Waals surface area contributed by atoms with Gasteiger partial charge in [-0.05, 0) is 0 Å². The van der Waals surface area contributed by atoms with Crippen molar-refractivity contribution >= 4 is 26.3 Å². The van der Waals surface area contributed by atoms with E-state index in [0.717, 1.165) is 0 Å². The average molecular weight is 485 g/mol. The predicted molar refractivity (Wildman–Crippen MR) is 120 cm³/mol. The first-order valence-electron chi connectivity index (χ1n) is 9.76. The van der Waals surface area contributed by atoms with E-state index in [1.54, 1.807) is 0 Å². The molecular weight excluding hydrogens is 462 g/mol. The number of benzene rings is 3. The van der Waals surface area contributed by atoms with Crippen molar-refractivity contribution in [1.29, 1.82) is 0 Å². The third kappa shape index (κ3) is 2.37. The Hall–Kier alpha value is -1.27. The number of hydrogen-bond acceptors (Lipinski definition) is 0. The van der Waals surface area contributed by atoms with Gasteiger partial charge in [0.15, 0.2) is 0 Å². The van der Waals surface area contributed by atoms with Gasteiger partial charge in [-0.15, -0.1) is 0 Å². The molecule has 2 aliphatic rings. The molecule has 0 aliphatic heterocycles. The molecule has 0 spiro atoms. The Morgan fingerprint density at radius 1 is 0.714 bits per heavy atom. The molecule has 0 aromatic heterocycles. The van der Waals surface area contributed by atoms with Gasteiger partial charge in [0.2, 0.25) is 0 Å². The number of rotatable bonds is 2. The van der Waals surface area contributed by atoms with Gasteiger partial charge in [-0.2, -0.15) is 0 Å². The maximum atomic E-state index is 7.91. The Bertz CT molecular complexity index is 1160. The van der Waals surface area contributed by atoms with Gasteiger partial charge in [0.1, 0.15) is 0 Å². The summed E-state index contributed by atoms with van der Waals surface area (Å²) in [4.78, 5) is 0. The van der Waals surface area contributed by atoms with E-state index < -0.39 is 15.9 Å². The van der Waals surface area contributed by atoms with E-state index in [1.165, 1.54) is 36.6 Å². The molecule has 0 saturated carbocycles. The van der Waals surface area contributed by atoms with Gasteiger partial charge in [0.05, 0.1) is 0 Å². The fourth-order valence-corrected chi connectivity index (χ4v) is 21.3. The summed E-state index contributed by atoms with van der Waals surface area (Å²) in [7, 11) is 15.8. The second-order valence-corrected chi connectivity index (χ2v) is 30.1. The van der Waals surface area contributed by atoms with Crippen LogP contribution in [0.3, 0.4) is 0 Å². The maximum absolute atomic E-state index is 7.91. The summed E-state index contributed by atoms with van der Waals surface area (Å²) >= 11 is -4.61. The molecule has 0 saturated heterocycles. The molecule has 3 heteroatoms. The van der Waals surface area contributed by atoms with Crippen molar-refractivity contribution in [2.24, 2.45) is 0 Å². The Kier molecular flexibility index (Phi) is 4.26. The Morgan fingerprint density at radius 2 is 1.21 bits per heavy atom. The molecule has 0 fully saturated rings. The molecule has 0 nitrogen and oxygen atoms in total. The molecule has 0 N–H and O–H groups in total. The molecule has 1 unspecified atom stereocenters. The normalized spacial score (nSPS) is 18.0. The first kappa shape index (κ1) is 18.7. The van der Waals surface area contributed by atoms with Crippen LogP contribution in [0.2, 0.25) is 0 Å². The number of fused-ring (bicyclic) bond motifs is 4. The van der Waals surface area contributed by atoms with Crippen molar-refractivity contribution < 1.29 is 15.9 Å². The van der Waals surface area contributed by atoms with Crippen molar-refractivity contribution in [3.63, 3.8) is 0 Å². The van der Waals surface area contributed by atoms with Gasteiger partial charge in [0.25, 0.3) is 0 Å². The van der Waals surface area contributed by atoms with Crippen LogP contribution in [-0.2, 0) is 15.9 Å². The van der Waals surface area contributed by atoms with Gasteiger partial charge in [-0.25, -0.2) is 0 Å². The summed E-state index contributed by atoms with van der Waals surface area (Å²) in [6.07, 6.45) is 4.47. The van der Waals surface area contributed by atoms with Crippen LogP contribution in [0.1, 0.15) is 43.4 Å². The quantitative estimate of drug-likeness (QED) is 0.349. The summed E-state index contributed by atoms with van der Waals surface area (Å²) in [5.74, 6) is 0. The molecular formula is C25H22Cl2Zr. The molecule has 1 atom stereocenters. The predicted octanol–water partition coefficient (Wildman–Crippen LogP) is 7.73. The third-order valence-corrected chi connectivity index (χ3v) is 29.4. The van der Waals surface area contributed by atoms with Crippen molar-refractivity contribution in [2.45, 2.75) is 21.1 Å². The molecule has 0 amide bonds. The topological polar surface area (TPSA) is 0 Å². The van der Waals surface area contributed by atoms with E-state index in [9.17, 15) is 0 Å². The minimum absolute atomic E-state index is 0.0583. The van der Waals surface area contributed by atoms with Crippen LogP contribution in [0.15, 0.2) is 78.9 Å². The summed E-state index contributed by atoms with van der Waals surface area (Å²) in [5, 5.41) is 0. The van der Waals surface area contributed by atoms with E-state index in [4.69, 9.17) is 17.0 Å². The van der Waals surface area contributed by atoms with E-state index in [-0.39, 0.29) is 7.25 Å². The zero-order valence-corrected chi connectivity index (χ0v) is 20.0. The fourth-order valence-electron chi connectivity index (χ4n) is 5.22. The van der Waals surface area contributed by atoms with Crippen LogP contribution < -0.4 is 0 Å². The second kappa shape index (κ2) is 6.36. The number of halogens is 2. The van der Waals surface area contributed by atoms with Gasteiger partial charge < -0.3 is 0 Å². The van der Waals surface area contributed by atoms with Crippen LogP contribution in [0, 0.1) is 0 Å². The summed E-state index contributed by atoms with van der Waals surface area (Å²) in [6.45, 7) is 4.31. The standard InChI is InChI=1S/C13H9.C9H7.C3H6.2ClH.Zr/c1-3-7-12-10(5-1)9-11-6-2-4-8-13(11)12;1-2-5-9-7-3-6-8(9)4-1;1-3-2;;;/h1-9H;1-7H;1-2H3;2*1H;/q;;;;;+2/p-2. The van der Waals surface area contributed by atoms with Gasteiger partial charge in [-0.3, -0.25) is 0 Å². The van der Waals surface area contributed by atoms with E-state index in [2.05, 4.69) is 98.8 Å². The van der Waals surface area contributed by atoms with Crippen LogP contribution in [0.25, 0.3) is 17.2 Å². The fraction of sp³-hybridized carbons (Fsp3) is 0.160. The number of allylic oxidation sites excluding steroid dienone is 1. The van der Waals surface area contributed by atoms with Crippen LogP contribution in [0.5, 0.6) is 0 Å².